The molecular formula is C17H25NO3. The van der Waals surface area contributed by atoms with Gasteiger partial charge in [0.25, 0.3) is 0 Å². The van der Waals surface area contributed by atoms with Gasteiger partial charge in [-0.2, -0.15) is 0 Å². The molecule has 0 aromatic heterocycles. The van der Waals surface area contributed by atoms with Gasteiger partial charge in [0.2, 0.25) is 0 Å². The summed E-state index contributed by atoms with van der Waals surface area (Å²) in [5.41, 5.74) is 1.72. The fourth-order valence-electron chi connectivity index (χ4n) is 3.50. The first-order chi connectivity index (χ1) is 10.0. The largest absolute Gasteiger partial charge is 0.496 e. The molecule has 0 radical (unpaired) electrons. The van der Waals surface area contributed by atoms with E-state index in [1.807, 2.05) is 12.1 Å². The summed E-state index contributed by atoms with van der Waals surface area (Å²) in [6.45, 7) is 6.60. The lowest BCUT2D eigenvalue weighted by molar-refractivity contribution is 0.0693. The van der Waals surface area contributed by atoms with Crippen molar-refractivity contribution >= 4 is 11.7 Å². The van der Waals surface area contributed by atoms with Crippen LogP contribution in [0.1, 0.15) is 49.9 Å². The van der Waals surface area contributed by atoms with Gasteiger partial charge in [-0.25, -0.2) is 4.79 Å². The van der Waals surface area contributed by atoms with Crippen molar-refractivity contribution in [3.05, 3.63) is 23.8 Å². The monoisotopic (exact) mass is 291 g/mol. The van der Waals surface area contributed by atoms with Gasteiger partial charge in [0.05, 0.1) is 7.11 Å². The Morgan fingerprint density at radius 1 is 1.29 bits per heavy atom. The molecule has 0 aliphatic carbocycles. The molecule has 1 aliphatic rings. The molecule has 1 aromatic carbocycles. The summed E-state index contributed by atoms with van der Waals surface area (Å²) < 4.78 is 5.21. The second-order valence-electron chi connectivity index (χ2n) is 6.05. The van der Waals surface area contributed by atoms with Gasteiger partial charge in [0, 0.05) is 30.3 Å². The van der Waals surface area contributed by atoms with E-state index in [1.54, 1.807) is 6.07 Å². The number of ether oxygens (including phenoxy) is 1. The van der Waals surface area contributed by atoms with Crippen LogP contribution in [0.2, 0.25) is 0 Å². The Balaban J connectivity index is 2.13. The highest BCUT2D eigenvalue weighted by molar-refractivity contribution is 5.91. The van der Waals surface area contributed by atoms with Crippen molar-refractivity contribution in [3.63, 3.8) is 0 Å². The summed E-state index contributed by atoms with van der Waals surface area (Å²) in [4.78, 5) is 13.4. The van der Waals surface area contributed by atoms with Crippen molar-refractivity contribution in [2.24, 2.45) is 5.41 Å². The van der Waals surface area contributed by atoms with Crippen molar-refractivity contribution in [1.29, 1.82) is 0 Å². The van der Waals surface area contributed by atoms with E-state index in [1.165, 1.54) is 32.8 Å². The molecule has 1 N–H and O–H groups in total. The lowest BCUT2D eigenvalue weighted by Crippen LogP contribution is -2.56. The van der Waals surface area contributed by atoms with E-state index in [4.69, 9.17) is 9.84 Å². The normalized spacial score (nSPS) is 16.4. The van der Waals surface area contributed by atoms with Crippen molar-refractivity contribution in [2.45, 2.75) is 39.5 Å². The fourth-order valence-corrected chi connectivity index (χ4v) is 3.50. The molecule has 0 unspecified atom stereocenters. The van der Waals surface area contributed by atoms with Crippen LogP contribution in [-0.2, 0) is 0 Å². The predicted octanol–water partition coefficient (Wildman–Crippen LogP) is 3.80. The molecule has 4 nitrogen and oxygen atoms in total. The third kappa shape index (κ3) is 3.14. The maximum absolute atomic E-state index is 11.1. The Morgan fingerprint density at radius 2 is 1.90 bits per heavy atom. The molecule has 0 atom stereocenters. The van der Waals surface area contributed by atoms with E-state index in [0.717, 1.165) is 18.8 Å². The highest BCUT2D eigenvalue weighted by Gasteiger charge is 2.41. The van der Waals surface area contributed by atoms with Crippen molar-refractivity contribution < 1.29 is 14.6 Å². The first-order valence-corrected chi connectivity index (χ1v) is 7.71. The number of anilines is 1. The van der Waals surface area contributed by atoms with E-state index >= 15 is 0 Å². The van der Waals surface area contributed by atoms with E-state index in [0.29, 0.717) is 11.2 Å². The number of hydrogen-bond acceptors (Lipinski definition) is 3. The van der Waals surface area contributed by atoms with Gasteiger partial charge in [-0.1, -0.05) is 26.7 Å². The number of rotatable bonds is 7. The Hall–Kier alpha value is -1.71. The number of nitrogens with zero attached hydrogens (tertiary/aromatic N) is 1. The second kappa shape index (κ2) is 6.37. The molecule has 0 spiro atoms. The third-order valence-electron chi connectivity index (χ3n) is 4.39. The molecule has 2 rings (SSSR count). The second-order valence-corrected chi connectivity index (χ2v) is 6.05. The molecule has 0 amide bonds. The molecule has 1 fully saturated rings. The van der Waals surface area contributed by atoms with E-state index in [-0.39, 0.29) is 5.56 Å². The average molecular weight is 291 g/mol. The van der Waals surface area contributed by atoms with Gasteiger partial charge in [0.1, 0.15) is 11.3 Å². The Kier molecular flexibility index (Phi) is 4.76. The third-order valence-corrected chi connectivity index (χ3v) is 4.39. The molecule has 116 valence electrons. The van der Waals surface area contributed by atoms with Gasteiger partial charge in [-0.15, -0.1) is 0 Å². The van der Waals surface area contributed by atoms with E-state index in [9.17, 15) is 4.79 Å². The summed E-state index contributed by atoms with van der Waals surface area (Å²) in [7, 11) is 1.51. The number of benzene rings is 1. The minimum atomic E-state index is -0.951. The van der Waals surface area contributed by atoms with E-state index < -0.39 is 5.97 Å². The lowest BCUT2D eigenvalue weighted by atomic mass is 9.72. The number of methoxy groups -OCH3 is 1. The van der Waals surface area contributed by atoms with Crippen LogP contribution in [0.25, 0.3) is 0 Å². The van der Waals surface area contributed by atoms with Gasteiger partial charge in [-0.05, 0) is 25.0 Å². The standard InChI is InChI=1S/C17H25NO3/c1-4-8-17(9-5-2)11-18(12-17)13-6-7-14(16(19)20)15(10-13)21-3/h6-7,10H,4-5,8-9,11-12H2,1-3H3,(H,19,20). The molecule has 1 saturated heterocycles. The lowest BCUT2D eigenvalue weighted by Gasteiger charge is -2.52. The summed E-state index contributed by atoms with van der Waals surface area (Å²) in [6.07, 6.45) is 4.97. The molecule has 21 heavy (non-hydrogen) atoms. The van der Waals surface area contributed by atoms with Crippen LogP contribution in [0.3, 0.4) is 0 Å². The maximum atomic E-state index is 11.1. The molecule has 1 aromatic rings. The topological polar surface area (TPSA) is 49.8 Å². The molecule has 0 saturated carbocycles. The maximum Gasteiger partial charge on any atom is 0.339 e. The summed E-state index contributed by atoms with van der Waals surface area (Å²) >= 11 is 0. The Labute approximate surface area is 126 Å². The Bertz CT molecular complexity index is 499. The van der Waals surface area contributed by atoms with Crippen LogP contribution < -0.4 is 9.64 Å². The van der Waals surface area contributed by atoms with Crippen LogP contribution in [-0.4, -0.2) is 31.3 Å². The first-order valence-electron chi connectivity index (χ1n) is 7.71. The summed E-state index contributed by atoms with van der Waals surface area (Å²) in [5.74, 6) is -0.517. The van der Waals surface area contributed by atoms with Crippen LogP contribution in [0.15, 0.2) is 18.2 Å². The van der Waals surface area contributed by atoms with Crippen LogP contribution >= 0.6 is 0 Å². The number of hydrogen-bond donors (Lipinski definition) is 1. The van der Waals surface area contributed by atoms with Crippen molar-refractivity contribution in [1.82, 2.24) is 0 Å². The zero-order valence-electron chi connectivity index (χ0n) is 13.2. The number of carbonyl (C=O) groups is 1. The number of carboxylic acid groups (broad SMARTS) is 1. The van der Waals surface area contributed by atoms with Crippen LogP contribution in [0.4, 0.5) is 5.69 Å². The highest BCUT2D eigenvalue weighted by atomic mass is 16.5. The fraction of sp³-hybridized carbons (Fsp3) is 0.588. The first kappa shape index (κ1) is 15.7. The van der Waals surface area contributed by atoms with E-state index in [2.05, 4.69) is 18.7 Å². The van der Waals surface area contributed by atoms with Gasteiger partial charge in [-0.3, -0.25) is 0 Å². The Morgan fingerprint density at radius 3 is 2.38 bits per heavy atom. The van der Waals surface area contributed by atoms with Gasteiger partial charge < -0.3 is 14.7 Å². The number of aromatic carboxylic acids is 1. The smallest absolute Gasteiger partial charge is 0.339 e. The quantitative estimate of drug-likeness (QED) is 0.830. The summed E-state index contributed by atoms with van der Waals surface area (Å²) in [5, 5.41) is 9.13. The highest BCUT2D eigenvalue weighted by Crippen LogP contribution is 2.42. The predicted molar refractivity (Wildman–Crippen MR) is 84.4 cm³/mol. The minimum absolute atomic E-state index is 0.218. The molecule has 1 aliphatic heterocycles. The van der Waals surface area contributed by atoms with Crippen LogP contribution in [0.5, 0.6) is 5.75 Å². The molecule has 0 bridgehead atoms. The van der Waals surface area contributed by atoms with Crippen molar-refractivity contribution in [3.8, 4) is 5.75 Å². The molecule has 1 heterocycles. The number of carboxylic acids is 1. The van der Waals surface area contributed by atoms with Crippen molar-refractivity contribution in [2.75, 3.05) is 25.1 Å². The molecule has 4 heteroatoms. The van der Waals surface area contributed by atoms with Gasteiger partial charge >= 0.3 is 5.97 Å². The zero-order valence-corrected chi connectivity index (χ0v) is 13.2. The van der Waals surface area contributed by atoms with Gasteiger partial charge in [0.15, 0.2) is 0 Å². The molecular weight excluding hydrogens is 266 g/mol. The SMILES string of the molecule is CCCC1(CCC)CN(c2ccc(C(=O)O)c(OC)c2)C1. The zero-order chi connectivity index (χ0) is 15.5. The van der Waals surface area contributed by atoms with Crippen LogP contribution in [0, 0.1) is 5.41 Å². The average Bonchev–Trinajstić information content (AvgIpc) is 2.43. The summed E-state index contributed by atoms with van der Waals surface area (Å²) in [6, 6.07) is 5.36. The minimum Gasteiger partial charge on any atom is -0.496 e.